The van der Waals surface area contributed by atoms with E-state index in [0.717, 1.165) is 11.4 Å². The Morgan fingerprint density at radius 1 is 0.821 bits per heavy atom. The summed E-state index contributed by atoms with van der Waals surface area (Å²) in [5, 5.41) is 11.3. The monoisotopic (exact) mass is 369 g/mol. The van der Waals surface area contributed by atoms with Crippen molar-refractivity contribution in [3.63, 3.8) is 0 Å². The average molecular weight is 370 g/mol. The van der Waals surface area contributed by atoms with E-state index in [9.17, 15) is 0 Å². The number of hydrogen-bond acceptors (Lipinski definition) is 1. The van der Waals surface area contributed by atoms with Crippen molar-refractivity contribution >= 4 is 40.3 Å². The molecule has 0 bridgehead atoms. The Morgan fingerprint density at radius 2 is 1.54 bits per heavy atom. The molecule has 0 unspecified atom stereocenters. The third-order valence-corrected chi connectivity index (χ3v) is 5.64. The van der Waals surface area contributed by atoms with Gasteiger partial charge in [0.2, 0.25) is 5.96 Å². The molecule has 0 atom stereocenters. The molecule has 0 radical (unpaired) electrons. The summed E-state index contributed by atoms with van der Waals surface area (Å²) in [6.07, 6.45) is 4.32. The minimum Gasteiger partial charge on any atom is -0.316 e. The van der Waals surface area contributed by atoms with E-state index in [-0.39, 0.29) is 5.41 Å². The first-order valence-electron chi connectivity index (χ1n) is 9.68. The highest BCUT2D eigenvalue weighted by molar-refractivity contribution is 6.12. The van der Waals surface area contributed by atoms with Crippen molar-refractivity contribution in [2.24, 2.45) is 0 Å². The van der Waals surface area contributed by atoms with Gasteiger partial charge in [0.25, 0.3) is 0 Å². The standard InChI is InChI=1S/C25H27N3/c1-25(2,3)19-11-13-20(14-12-19)27(4)24(26)28(5)22-16-10-18-8-6-7-17-9-15-21(22)23(17)18/h6-16,26H,1-5H3. The van der Waals surface area contributed by atoms with Gasteiger partial charge < -0.3 is 9.80 Å². The van der Waals surface area contributed by atoms with E-state index in [2.05, 4.69) is 87.5 Å². The second-order valence-electron chi connectivity index (χ2n) is 8.52. The van der Waals surface area contributed by atoms with Crippen molar-refractivity contribution in [1.82, 2.24) is 0 Å². The highest BCUT2D eigenvalue weighted by Crippen LogP contribution is 2.37. The summed E-state index contributed by atoms with van der Waals surface area (Å²) in [6.45, 7) is 6.64. The van der Waals surface area contributed by atoms with Crippen molar-refractivity contribution in [3.8, 4) is 0 Å². The van der Waals surface area contributed by atoms with Crippen LogP contribution in [0.3, 0.4) is 0 Å². The molecule has 0 amide bonds. The van der Waals surface area contributed by atoms with Gasteiger partial charge in [0, 0.05) is 25.3 Å². The SMILES string of the molecule is CN(C(=N)N(C)c1ccc2cccc3c2c1C=C3)c1ccc(C(C)(C)C)cc1. The Bertz CT molecular complexity index is 1090. The number of anilines is 2. The normalized spacial score (nSPS) is 12.5. The van der Waals surface area contributed by atoms with Crippen molar-refractivity contribution in [1.29, 1.82) is 5.41 Å². The molecular weight excluding hydrogens is 342 g/mol. The lowest BCUT2D eigenvalue weighted by molar-refractivity contribution is 0.590. The molecule has 0 spiro atoms. The molecule has 0 aromatic heterocycles. The highest BCUT2D eigenvalue weighted by Gasteiger charge is 2.20. The van der Waals surface area contributed by atoms with Gasteiger partial charge >= 0.3 is 0 Å². The van der Waals surface area contributed by atoms with Gasteiger partial charge in [-0.3, -0.25) is 5.41 Å². The van der Waals surface area contributed by atoms with Crippen LogP contribution in [-0.2, 0) is 5.41 Å². The zero-order valence-electron chi connectivity index (χ0n) is 17.2. The lowest BCUT2D eigenvalue weighted by Gasteiger charge is -2.30. The average Bonchev–Trinajstić information content (AvgIpc) is 3.12. The molecule has 142 valence electrons. The van der Waals surface area contributed by atoms with E-state index < -0.39 is 0 Å². The van der Waals surface area contributed by atoms with Crippen molar-refractivity contribution in [2.45, 2.75) is 26.2 Å². The summed E-state index contributed by atoms with van der Waals surface area (Å²) < 4.78 is 0. The van der Waals surface area contributed by atoms with Crippen LogP contribution in [-0.4, -0.2) is 20.1 Å². The van der Waals surface area contributed by atoms with Crippen LogP contribution in [0.1, 0.15) is 37.5 Å². The minimum absolute atomic E-state index is 0.126. The van der Waals surface area contributed by atoms with Gasteiger partial charge in [0.15, 0.2) is 0 Å². The summed E-state index contributed by atoms with van der Waals surface area (Å²) in [5.74, 6) is 0.442. The minimum atomic E-state index is 0.126. The van der Waals surface area contributed by atoms with E-state index >= 15 is 0 Å². The third-order valence-electron chi connectivity index (χ3n) is 5.64. The number of nitrogens with one attached hydrogen (secondary N) is 1. The fraction of sp³-hybridized carbons (Fsp3) is 0.240. The Hall–Kier alpha value is -3.07. The molecule has 28 heavy (non-hydrogen) atoms. The second kappa shape index (κ2) is 6.52. The number of rotatable bonds is 2. The van der Waals surface area contributed by atoms with E-state index in [1.807, 2.05) is 23.9 Å². The van der Waals surface area contributed by atoms with Gasteiger partial charge in [-0.2, -0.15) is 0 Å². The fourth-order valence-corrected chi connectivity index (χ4v) is 3.84. The molecule has 0 fully saturated rings. The molecule has 3 nitrogen and oxygen atoms in total. The zero-order valence-corrected chi connectivity index (χ0v) is 17.2. The maximum atomic E-state index is 8.78. The molecule has 0 aliphatic heterocycles. The fourth-order valence-electron chi connectivity index (χ4n) is 3.84. The van der Waals surface area contributed by atoms with E-state index in [4.69, 9.17) is 5.41 Å². The van der Waals surface area contributed by atoms with E-state index in [1.54, 1.807) is 0 Å². The van der Waals surface area contributed by atoms with Crippen LogP contribution < -0.4 is 9.80 Å². The largest absolute Gasteiger partial charge is 0.316 e. The molecule has 3 aromatic carbocycles. The quantitative estimate of drug-likeness (QED) is 0.340. The molecule has 1 aliphatic rings. The molecule has 0 heterocycles. The van der Waals surface area contributed by atoms with Gasteiger partial charge in [0.1, 0.15) is 0 Å². The Balaban J connectivity index is 1.64. The van der Waals surface area contributed by atoms with Gasteiger partial charge in [-0.05, 0) is 45.5 Å². The molecule has 3 aromatic rings. The summed E-state index contributed by atoms with van der Waals surface area (Å²) in [7, 11) is 3.92. The van der Waals surface area contributed by atoms with E-state index in [0.29, 0.717) is 5.96 Å². The van der Waals surface area contributed by atoms with Crippen LogP contribution in [0.2, 0.25) is 0 Å². The van der Waals surface area contributed by atoms with Crippen molar-refractivity contribution in [2.75, 3.05) is 23.9 Å². The number of benzene rings is 3. The predicted molar refractivity (Wildman–Crippen MR) is 123 cm³/mol. The van der Waals surface area contributed by atoms with Crippen molar-refractivity contribution in [3.05, 3.63) is 71.3 Å². The van der Waals surface area contributed by atoms with E-state index in [1.165, 1.54) is 27.5 Å². The summed E-state index contributed by atoms with van der Waals surface area (Å²) in [5.41, 5.74) is 5.93. The van der Waals surface area contributed by atoms with Gasteiger partial charge in [-0.1, -0.05) is 69.3 Å². The van der Waals surface area contributed by atoms with Gasteiger partial charge in [-0.15, -0.1) is 0 Å². The zero-order chi connectivity index (χ0) is 20.1. The molecule has 1 N–H and O–H groups in total. The van der Waals surface area contributed by atoms with Crippen LogP contribution in [0.5, 0.6) is 0 Å². The van der Waals surface area contributed by atoms with Gasteiger partial charge in [-0.25, -0.2) is 0 Å². The van der Waals surface area contributed by atoms with Crippen LogP contribution in [0.25, 0.3) is 22.9 Å². The molecule has 3 heteroatoms. The maximum Gasteiger partial charge on any atom is 0.202 e. The Kier molecular flexibility index (Phi) is 4.26. The molecule has 0 saturated carbocycles. The summed E-state index contributed by atoms with van der Waals surface area (Å²) in [4.78, 5) is 3.88. The molecular formula is C25H27N3. The van der Waals surface area contributed by atoms with Gasteiger partial charge in [0.05, 0.1) is 5.69 Å². The summed E-state index contributed by atoms with van der Waals surface area (Å²) in [6, 6.07) is 19.2. The lowest BCUT2D eigenvalue weighted by atomic mass is 9.87. The number of hydrogen-bond donors (Lipinski definition) is 1. The molecule has 4 rings (SSSR count). The van der Waals surface area contributed by atoms with Crippen LogP contribution in [0.4, 0.5) is 11.4 Å². The van der Waals surface area contributed by atoms with Crippen LogP contribution in [0.15, 0.2) is 54.6 Å². The molecule has 1 aliphatic carbocycles. The van der Waals surface area contributed by atoms with Crippen LogP contribution in [0, 0.1) is 5.41 Å². The Morgan fingerprint density at radius 3 is 2.21 bits per heavy atom. The number of nitrogens with zero attached hydrogens (tertiary/aromatic N) is 2. The topological polar surface area (TPSA) is 30.3 Å². The predicted octanol–water partition coefficient (Wildman–Crippen LogP) is 6.13. The second-order valence-corrected chi connectivity index (χ2v) is 8.52. The smallest absolute Gasteiger partial charge is 0.202 e. The maximum absolute atomic E-state index is 8.78. The molecule has 0 saturated heterocycles. The first-order valence-corrected chi connectivity index (χ1v) is 9.68. The first kappa shape index (κ1) is 18.3. The third kappa shape index (κ3) is 2.97. The summed E-state index contributed by atoms with van der Waals surface area (Å²) >= 11 is 0. The number of guanidine groups is 1. The first-order chi connectivity index (χ1) is 13.3. The van der Waals surface area contributed by atoms with Crippen molar-refractivity contribution < 1.29 is 0 Å². The highest BCUT2D eigenvalue weighted by atomic mass is 15.3. The lowest BCUT2D eigenvalue weighted by Crippen LogP contribution is -2.40. The van der Waals surface area contributed by atoms with Crippen LogP contribution >= 0.6 is 0 Å². The Labute approximate surface area is 167 Å².